The normalized spacial score (nSPS) is 22.9. The van der Waals surface area contributed by atoms with Crippen LogP contribution in [0.4, 0.5) is 56.9 Å². The third-order valence-electron chi connectivity index (χ3n) is 23.5. The van der Waals surface area contributed by atoms with Gasteiger partial charge < -0.3 is 19.6 Å². The molecule has 4 aliphatic heterocycles. The van der Waals surface area contributed by atoms with E-state index in [1.165, 1.54) is 155 Å². The van der Waals surface area contributed by atoms with Crippen molar-refractivity contribution >= 4 is 80.0 Å². The Balaban J connectivity index is 1.12. The predicted molar refractivity (Wildman–Crippen MR) is 385 cm³/mol. The maximum Gasteiger partial charge on any atom is 0.252 e. The molecule has 4 heterocycles. The molecule has 4 unspecified atom stereocenters. The molecule has 14 rings (SSSR count). The summed E-state index contributed by atoms with van der Waals surface area (Å²) >= 11 is 0. The van der Waals surface area contributed by atoms with Crippen LogP contribution in [0.3, 0.4) is 0 Å². The first-order valence-corrected chi connectivity index (χ1v) is 34.0. The number of benzene rings is 8. The molecular formula is C84H99BN4. The molecule has 458 valence electrons. The van der Waals surface area contributed by atoms with Gasteiger partial charge in [0, 0.05) is 67.6 Å². The summed E-state index contributed by atoms with van der Waals surface area (Å²) in [5.41, 5.74) is 28.6. The number of nitrogens with zero attached hydrogens (tertiary/aromatic N) is 4. The van der Waals surface area contributed by atoms with Gasteiger partial charge in [-0.15, -0.1) is 0 Å². The third-order valence-corrected chi connectivity index (χ3v) is 23.5. The average molecular weight is 1180 g/mol. The summed E-state index contributed by atoms with van der Waals surface area (Å²) in [6, 6.07) is 64.1. The number of hydrogen-bond acceptors (Lipinski definition) is 4. The van der Waals surface area contributed by atoms with E-state index < -0.39 is 0 Å². The SMILES string of the molecule is CC(C)(C)c1ccc(N2c3ccc(C(C)(C)C)cc3B3c4cc(N5c6ccc(C(C)(C)C)cc6C6(C)CCCCC56C)ccc4N(c4ccc(C(C)(C)C)cc4-c4ccccc4)c4cc(N5c6ccc(C(C)(C)C)cc6C6(C)CCCCC56C)cc2c43)cc1. The van der Waals surface area contributed by atoms with E-state index in [0.717, 1.165) is 19.3 Å². The largest absolute Gasteiger partial charge is 0.334 e. The summed E-state index contributed by atoms with van der Waals surface area (Å²) in [4.78, 5) is 11.1. The summed E-state index contributed by atoms with van der Waals surface area (Å²) in [6.45, 7) is 45.9. The van der Waals surface area contributed by atoms with Crippen molar-refractivity contribution in [3.05, 3.63) is 197 Å². The molecule has 0 amide bonds. The van der Waals surface area contributed by atoms with E-state index in [4.69, 9.17) is 0 Å². The first-order chi connectivity index (χ1) is 41.8. The van der Waals surface area contributed by atoms with Crippen LogP contribution in [0.1, 0.15) is 222 Å². The van der Waals surface area contributed by atoms with E-state index in [-0.39, 0.29) is 55.7 Å². The maximum absolute atomic E-state index is 2.86. The molecule has 6 aliphatic rings. The monoisotopic (exact) mass is 1170 g/mol. The van der Waals surface area contributed by atoms with Gasteiger partial charge in [0.2, 0.25) is 0 Å². The van der Waals surface area contributed by atoms with Gasteiger partial charge >= 0.3 is 0 Å². The summed E-state index contributed by atoms with van der Waals surface area (Å²) in [5.74, 6) is 0. The van der Waals surface area contributed by atoms with Crippen LogP contribution in [0.5, 0.6) is 0 Å². The molecule has 4 nitrogen and oxygen atoms in total. The van der Waals surface area contributed by atoms with Crippen molar-refractivity contribution in [3.63, 3.8) is 0 Å². The van der Waals surface area contributed by atoms with E-state index in [0.29, 0.717) is 0 Å². The number of fused-ring (bicyclic) bond motifs is 10. The molecule has 0 aromatic heterocycles. The Bertz CT molecular complexity index is 4160. The van der Waals surface area contributed by atoms with Gasteiger partial charge in [-0.3, -0.25) is 0 Å². The Morgan fingerprint density at radius 3 is 1.24 bits per heavy atom. The second-order valence-electron chi connectivity index (χ2n) is 34.2. The lowest BCUT2D eigenvalue weighted by molar-refractivity contribution is 0.195. The minimum absolute atomic E-state index is 0.00000218. The van der Waals surface area contributed by atoms with E-state index in [2.05, 4.69) is 309 Å². The van der Waals surface area contributed by atoms with Crippen LogP contribution in [0, 0.1) is 0 Å². The molecule has 8 aromatic rings. The van der Waals surface area contributed by atoms with Crippen molar-refractivity contribution < 1.29 is 0 Å². The van der Waals surface area contributed by atoms with E-state index in [9.17, 15) is 0 Å². The third kappa shape index (κ3) is 8.93. The van der Waals surface area contributed by atoms with E-state index in [1.54, 1.807) is 0 Å². The van der Waals surface area contributed by atoms with Crippen LogP contribution in [0.25, 0.3) is 11.1 Å². The quantitative estimate of drug-likeness (QED) is 0.159. The van der Waals surface area contributed by atoms with Crippen molar-refractivity contribution in [3.8, 4) is 11.1 Å². The lowest BCUT2D eigenvalue weighted by atomic mass is 9.33. The summed E-state index contributed by atoms with van der Waals surface area (Å²) in [5, 5.41) is 0. The Morgan fingerprint density at radius 1 is 0.326 bits per heavy atom. The van der Waals surface area contributed by atoms with E-state index in [1.807, 2.05) is 0 Å². The lowest BCUT2D eigenvalue weighted by Crippen LogP contribution is -2.62. The van der Waals surface area contributed by atoms with Gasteiger partial charge in [0.15, 0.2) is 0 Å². The molecule has 2 fully saturated rings. The molecule has 0 spiro atoms. The summed E-state index contributed by atoms with van der Waals surface area (Å²) < 4.78 is 0. The molecule has 8 aromatic carbocycles. The molecule has 4 atom stereocenters. The lowest BCUT2D eigenvalue weighted by Gasteiger charge is -2.51. The van der Waals surface area contributed by atoms with Crippen LogP contribution in [0.15, 0.2) is 158 Å². The number of hydrogen-bond donors (Lipinski definition) is 0. The molecule has 89 heavy (non-hydrogen) atoms. The van der Waals surface area contributed by atoms with Gasteiger partial charge in [-0.1, -0.05) is 228 Å². The Morgan fingerprint density at radius 2 is 0.719 bits per heavy atom. The molecule has 0 N–H and O–H groups in total. The molecule has 0 bridgehead atoms. The standard InChI is InChI=1S/C84H99BN4/c1-76(2,3)55-29-35-60(36-30-55)86-71-41-34-59(80(13,14)15)50-66(71)85-67-51-61(88-69-39-32-57(78(7,8)9)48-64(69)81(16)43-23-25-45-83(81,88)18)37-42-72(67)87(68-38-31-56(77(4,5)6)47-63(68)54-27-21-20-22-28-54)74-53-62(52-73(86)75(74)85)89-70-40-33-58(79(10,11)12)49-65(70)82(17)44-24-26-46-84(82,89)19/h20-22,27-42,47-53H,23-26,43-46H2,1-19H3. The highest BCUT2D eigenvalue weighted by molar-refractivity contribution is 7.00. The average Bonchev–Trinajstić information content (AvgIpc) is 1.56. The van der Waals surface area contributed by atoms with Crippen molar-refractivity contribution in [2.75, 3.05) is 19.6 Å². The van der Waals surface area contributed by atoms with E-state index >= 15 is 0 Å². The van der Waals surface area contributed by atoms with Gasteiger partial charge in [0.05, 0.1) is 16.8 Å². The smallest absolute Gasteiger partial charge is 0.252 e. The highest BCUT2D eigenvalue weighted by Gasteiger charge is 2.60. The number of rotatable bonds is 5. The zero-order chi connectivity index (χ0) is 63.1. The number of anilines is 10. The van der Waals surface area contributed by atoms with Crippen LogP contribution in [-0.4, -0.2) is 17.8 Å². The van der Waals surface area contributed by atoms with Crippen LogP contribution < -0.4 is 36.0 Å². The fourth-order valence-electron chi connectivity index (χ4n) is 17.6. The molecule has 2 aliphatic carbocycles. The minimum Gasteiger partial charge on any atom is -0.334 e. The van der Waals surface area contributed by atoms with Gasteiger partial charge in [-0.25, -0.2) is 0 Å². The van der Waals surface area contributed by atoms with Crippen LogP contribution in [0.2, 0.25) is 0 Å². The maximum atomic E-state index is 2.86. The first-order valence-electron chi connectivity index (χ1n) is 34.0. The summed E-state index contributed by atoms with van der Waals surface area (Å²) in [7, 11) is 0. The molecule has 0 radical (unpaired) electrons. The summed E-state index contributed by atoms with van der Waals surface area (Å²) in [6.07, 6.45) is 9.52. The molecule has 0 saturated heterocycles. The van der Waals surface area contributed by atoms with Gasteiger partial charge in [-0.2, -0.15) is 0 Å². The molecular weight excluding hydrogens is 1080 g/mol. The fraction of sp³-hybridized carbons (Fsp3) is 0.429. The van der Waals surface area contributed by atoms with Crippen molar-refractivity contribution in [2.45, 2.75) is 232 Å². The second kappa shape index (κ2) is 19.8. The first kappa shape index (κ1) is 59.6. The Hall–Kier alpha value is -6.98. The van der Waals surface area contributed by atoms with Crippen molar-refractivity contribution in [1.82, 2.24) is 0 Å². The Labute approximate surface area is 536 Å². The van der Waals surface area contributed by atoms with Gasteiger partial charge in [-0.05, 0) is 200 Å². The fourth-order valence-corrected chi connectivity index (χ4v) is 17.6. The predicted octanol–water partition coefficient (Wildman–Crippen LogP) is 21.4. The van der Waals surface area contributed by atoms with Gasteiger partial charge in [0.1, 0.15) is 0 Å². The van der Waals surface area contributed by atoms with Crippen molar-refractivity contribution in [1.29, 1.82) is 0 Å². The van der Waals surface area contributed by atoms with Crippen molar-refractivity contribution in [2.24, 2.45) is 0 Å². The second-order valence-corrected chi connectivity index (χ2v) is 34.2. The van der Waals surface area contributed by atoms with Gasteiger partial charge in [0.25, 0.3) is 6.71 Å². The molecule has 2 saturated carbocycles. The molecule has 5 heteroatoms. The van der Waals surface area contributed by atoms with Crippen LogP contribution >= 0.6 is 0 Å². The highest BCUT2D eigenvalue weighted by Crippen LogP contribution is 2.64. The zero-order valence-corrected chi connectivity index (χ0v) is 57.5. The topological polar surface area (TPSA) is 13.0 Å². The minimum atomic E-state index is -0.183. The Kier molecular flexibility index (Phi) is 13.2. The zero-order valence-electron chi connectivity index (χ0n) is 57.5. The van der Waals surface area contributed by atoms with Crippen LogP contribution in [-0.2, 0) is 37.9 Å². The highest BCUT2D eigenvalue weighted by atomic mass is 15.3.